The molecule has 1 aromatic carbocycles. The van der Waals surface area contributed by atoms with Gasteiger partial charge in [0.15, 0.2) is 0 Å². The summed E-state index contributed by atoms with van der Waals surface area (Å²) in [5.41, 5.74) is 6.23. The van der Waals surface area contributed by atoms with E-state index in [1.807, 2.05) is 6.07 Å². The van der Waals surface area contributed by atoms with Crippen LogP contribution in [0.25, 0.3) is 0 Å². The molecule has 72 valence electrons. The number of benzene rings is 1. The Labute approximate surface area is 75.3 Å². The van der Waals surface area contributed by atoms with Crippen molar-refractivity contribution in [2.45, 2.75) is 13.0 Å². The van der Waals surface area contributed by atoms with Crippen LogP contribution < -0.4 is 10.5 Å². The lowest BCUT2D eigenvalue weighted by Crippen LogP contribution is -2.04. The Balaban J connectivity index is 2.67. The maximum atomic E-state index is 11.8. The minimum atomic E-state index is -2.77. The van der Waals surface area contributed by atoms with Gasteiger partial charge in [-0.05, 0) is 30.7 Å². The van der Waals surface area contributed by atoms with Crippen LogP contribution in [-0.2, 0) is 6.42 Å². The van der Waals surface area contributed by atoms with E-state index in [1.54, 1.807) is 12.1 Å². The van der Waals surface area contributed by atoms with Crippen molar-refractivity contribution in [2.24, 2.45) is 5.73 Å². The van der Waals surface area contributed by atoms with E-state index in [0.717, 1.165) is 5.56 Å². The molecule has 0 aromatic heterocycles. The van der Waals surface area contributed by atoms with Gasteiger partial charge in [-0.1, -0.05) is 12.1 Å². The number of hydrogen-bond acceptors (Lipinski definition) is 2. The normalized spacial score (nSPS) is 10.5. The van der Waals surface area contributed by atoms with Gasteiger partial charge in [-0.3, -0.25) is 0 Å². The first-order valence-electron chi connectivity index (χ1n) is 3.96. The Hall–Kier alpha value is -1.16. The first kappa shape index (κ1) is 9.92. The van der Waals surface area contributed by atoms with Crippen LogP contribution in [0.4, 0.5) is 8.78 Å². The zero-order valence-corrected chi connectivity index (χ0v) is 7.04. The van der Waals surface area contributed by atoms with Crippen LogP contribution in [0.5, 0.6) is 5.75 Å². The van der Waals surface area contributed by atoms with Gasteiger partial charge in [0, 0.05) is 0 Å². The lowest BCUT2D eigenvalue weighted by atomic mass is 10.1. The van der Waals surface area contributed by atoms with Crippen molar-refractivity contribution < 1.29 is 13.5 Å². The van der Waals surface area contributed by atoms with E-state index in [9.17, 15) is 8.78 Å². The first-order valence-corrected chi connectivity index (χ1v) is 3.96. The van der Waals surface area contributed by atoms with Gasteiger partial charge >= 0.3 is 6.61 Å². The van der Waals surface area contributed by atoms with Crippen LogP contribution in [0.2, 0.25) is 0 Å². The molecule has 0 saturated carbocycles. The fraction of sp³-hybridized carbons (Fsp3) is 0.333. The van der Waals surface area contributed by atoms with Crippen molar-refractivity contribution in [2.75, 3.05) is 6.54 Å². The molecule has 0 saturated heterocycles. The summed E-state index contributed by atoms with van der Waals surface area (Å²) in [6, 6.07) is 6.55. The molecule has 0 fully saturated rings. The maximum absolute atomic E-state index is 11.8. The average molecular weight is 187 g/mol. The van der Waals surface area contributed by atoms with E-state index in [4.69, 9.17) is 5.73 Å². The third-order valence-corrected chi connectivity index (χ3v) is 1.56. The van der Waals surface area contributed by atoms with Crippen molar-refractivity contribution in [3.05, 3.63) is 29.8 Å². The van der Waals surface area contributed by atoms with Crippen LogP contribution in [0.3, 0.4) is 0 Å². The van der Waals surface area contributed by atoms with Crippen LogP contribution >= 0.6 is 0 Å². The van der Waals surface area contributed by atoms with E-state index in [1.165, 1.54) is 6.07 Å². The van der Waals surface area contributed by atoms with Crippen molar-refractivity contribution >= 4 is 0 Å². The molecule has 0 bridgehead atoms. The molecule has 1 aromatic rings. The van der Waals surface area contributed by atoms with Gasteiger partial charge in [-0.15, -0.1) is 0 Å². The molecule has 0 amide bonds. The standard InChI is InChI=1S/C9H11F2NO/c10-9(11)13-8-3-1-2-7(6-8)4-5-12/h1-3,6,9H,4-5,12H2. The molecule has 0 spiro atoms. The number of halogens is 2. The summed E-state index contributed by atoms with van der Waals surface area (Å²) in [6.07, 6.45) is 0.667. The summed E-state index contributed by atoms with van der Waals surface area (Å²) < 4.78 is 27.8. The lowest BCUT2D eigenvalue weighted by molar-refractivity contribution is -0.0498. The van der Waals surface area contributed by atoms with Crippen LogP contribution in [-0.4, -0.2) is 13.2 Å². The highest BCUT2D eigenvalue weighted by atomic mass is 19.3. The number of nitrogens with two attached hydrogens (primary N) is 1. The zero-order chi connectivity index (χ0) is 9.68. The summed E-state index contributed by atoms with van der Waals surface area (Å²) in [4.78, 5) is 0. The lowest BCUT2D eigenvalue weighted by Gasteiger charge is -2.05. The third-order valence-electron chi connectivity index (χ3n) is 1.56. The van der Waals surface area contributed by atoms with Crippen LogP contribution in [0.1, 0.15) is 5.56 Å². The maximum Gasteiger partial charge on any atom is 0.387 e. The van der Waals surface area contributed by atoms with Gasteiger partial charge in [0.2, 0.25) is 0 Å². The Morgan fingerprint density at radius 3 is 2.77 bits per heavy atom. The topological polar surface area (TPSA) is 35.2 Å². The second kappa shape index (κ2) is 4.77. The van der Waals surface area contributed by atoms with E-state index in [2.05, 4.69) is 4.74 Å². The van der Waals surface area contributed by atoms with Gasteiger partial charge in [0.25, 0.3) is 0 Å². The molecule has 0 radical (unpaired) electrons. The molecular formula is C9H11F2NO. The summed E-state index contributed by atoms with van der Waals surface area (Å²) in [6.45, 7) is -2.27. The summed E-state index contributed by atoms with van der Waals surface area (Å²) >= 11 is 0. The quantitative estimate of drug-likeness (QED) is 0.779. The Kier molecular flexibility index (Phi) is 3.64. The molecule has 1 rings (SSSR count). The van der Waals surface area contributed by atoms with Gasteiger partial charge in [-0.2, -0.15) is 8.78 Å². The zero-order valence-electron chi connectivity index (χ0n) is 7.04. The molecule has 4 heteroatoms. The number of rotatable bonds is 4. The molecule has 0 atom stereocenters. The fourth-order valence-electron chi connectivity index (χ4n) is 1.04. The van der Waals surface area contributed by atoms with E-state index < -0.39 is 6.61 Å². The molecular weight excluding hydrogens is 176 g/mol. The molecule has 0 aliphatic rings. The highest BCUT2D eigenvalue weighted by molar-refractivity contribution is 5.28. The SMILES string of the molecule is NCCc1cccc(OC(F)F)c1. The first-order chi connectivity index (χ1) is 6.22. The molecule has 13 heavy (non-hydrogen) atoms. The van der Waals surface area contributed by atoms with Crippen molar-refractivity contribution in [1.82, 2.24) is 0 Å². The summed E-state index contributed by atoms with van der Waals surface area (Å²) in [5, 5.41) is 0. The molecule has 2 N–H and O–H groups in total. The minimum absolute atomic E-state index is 0.181. The average Bonchev–Trinajstić information content (AvgIpc) is 2.04. The highest BCUT2D eigenvalue weighted by Crippen LogP contribution is 2.15. The summed E-state index contributed by atoms with van der Waals surface area (Å²) in [5.74, 6) is 0.181. The second-order valence-corrected chi connectivity index (χ2v) is 2.56. The monoisotopic (exact) mass is 187 g/mol. The Morgan fingerprint density at radius 2 is 2.15 bits per heavy atom. The van der Waals surface area contributed by atoms with E-state index in [0.29, 0.717) is 13.0 Å². The van der Waals surface area contributed by atoms with Crippen molar-refractivity contribution in [3.63, 3.8) is 0 Å². The van der Waals surface area contributed by atoms with Crippen molar-refractivity contribution in [3.8, 4) is 5.75 Å². The molecule has 0 aliphatic carbocycles. The Bertz CT molecular complexity index is 266. The van der Waals surface area contributed by atoms with Crippen molar-refractivity contribution in [1.29, 1.82) is 0 Å². The highest BCUT2D eigenvalue weighted by Gasteiger charge is 2.03. The second-order valence-electron chi connectivity index (χ2n) is 2.56. The van der Waals surface area contributed by atoms with E-state index in [-0.39, 0.29) is 5.75 Å². The predicted octanol–water partition coefficient (Wildman–Crippen LogP) is 1.79. The van der Waals surface area contributed by atoms with Gasteiger partial charge < -0.3 is 10.5 Å². The van der Waals surface area contributed by atoms with Crippen LogP contribution in [0.15, 0.2) is 24.3 Å². The van der Waals surface area contributed by atoms with Gasteiger partial charge in [-0.25, -0.2) is 0 Å². The largest absolute Gasteiger partial charge is 0.435 e. The summed E-state index contributed by atoms with van der Waals surface area (Å²) in [7, 11) is 0. The number of hydrogen-bond donors (Lipinski definition) is 1. The molecule has 2 nitrogen and oxygen atoms in total. The number of ether oxygens (including phenoxy) is 1. The fourth-order valence-corrected chi connectivity index (χ4v) is 1.04. The number of alkyl halides is 2. The third kappa shape index (κ3) is 3.38. The molecule has 0 unspecified atom stereocenters. The molecule has 0 heterocycles. The smallest absolute Gasteiger partial charge is 0.387 e. The predicted molar refractivity (Wildman–Crippen MR) is 45.8 cm³/mol. The van der Waals surface area contributed by atoms with E-state index >= 15 is 0 Å². The minimum Gasteiger partial charge on any atom is -0.435 e. The Morgan fingerprint density at radius 1 is 1.38 bits per heavy atom. The molecule has 0 aliphatic heterocycles. The van der Waals surface area contributed by atoms with Gasteiger partial charge in [0.05, 0.1) is 0 Å². The van der Waals surface area contributed by atoms with Gasteiger partial charge in [0.1, 0.15) is 5.75 Å². The van der Waals surface area contributed by atoms with Crippen LogP contribution in [0, 0.1) is 0 Å².